The summed E-state index contributed by atoms with van der Waals surface area (Å²) in [6.07, 6.45) is 0. The van der Waals surface area contributed by atoms with Gasteiger partial charge >= 0.3 is 0 Å². The molecule has 0 spiro atoms. The molecule has 19 heavy (non-hydrogen) atoms. The smallest absolute Gasteiger partial charge is 0.0705 e. The van der Waals surface area contributed by atoms with Gasteiger partial charge in [0.1, 0.15) is 0 Å². The second-order valence-electron chi connectivity index (χ2n) is 4.92. The first-order valence-corrected chi connectivity index (χ1v) is 6.86. The molecule has 0 aliphatic carbocycles. The van der Waals surface area contributed by atoms with Gasteiger partial charge in [0.15, 0.2) is 0 Å². The van der Waals surface area contributed by atoms with Gasteiger partial charge < -0.3 is 10.1 Å². The fraction of sp³-hybridized carbons (Fsp3) is 0.438. The van der Waals surface area contributed by atoms with Crippen molar-refractivity contribution in [2.45, 2.75) is 33.4 Å². The Labute approximate surface area is 115 Å². The zero-order valence-corrected chi connectivity index (χ0v) is 11.9. The second kappa shape index (κ2) is 6.64. The van der Waals surface area contributed by atoms with Gasteiger partial charge in [0.25, 0.3) is 0 Å². The van der Waals surface area contributed by atoms with Crippen molar-refractivity contribution in [3.8, 4) is 0 Å². The zero-order valence-electron chi connectivity index (χ0n) is 11.9. The van der Waals surface area contributed by atoms with Gasteiger partial charge in [0, 0.05) is 30.3 Å². The van der Waals surface area contributed by atoms with Crippen molar-refractivity contribution in [1.29, 1.82) is 0 Å². The molecule has 0 radical (unpaired) electrons. The van der Waals surface area contributed by atoms with E-state index in [2.05, 4.69) is 47.6 Å². The van der Waals surface area contributed by atoms with Gasteiger partial charge in [-0.3, -0.25) is 4.98 Å². The predicted molar refractivity (Wildman–Crippen MR) is 79.3 cm³/mol. The van der Waals surface area contributed by atoms with Crippen molar-refractivity contribution >= 4 is 10.9 Å². The van der Waals surface area contributed by atoms with Gasteiger partial charge in [0.05, 0.1) is 12.1 Å². The van der Waals surface area contributed by atoms with Crippen LogP contribution in [0.5, 0.6) is 0 Å². The van der Waals surface area contributed by atoms with Crippen LogP contribution in [-0.2, 0) is 11.3 Å². The fourth-order valence-electron chi connectivity index (χ4n) is 2.03. The van der Waals surface area contributed by atoms with E-state index in [4.69, 9.17) is 4.74 Å². The first kappa shape index (κ1) is 14.0. The number of benzene rings is 1. The summed E-state index contributed by atoms with van der Waals surface area (Å²) in [5, 5.41) is 4.66. The molecule has 2 rings (SSSR count). The van der Waals surface area contributed by atoms with Gasteiger partial charge in [-0.05, 0) is 44.5 Å². The summed E-state index contributed by atoms with van der Waals surface area (Å²) in [6, 6.07) is 11.0. The van der Waals surface area contributed by atoms with Crippen LogP contribution in [0.25, 0.3) is 10.9 Å². The number of pyridine rings is 1. The molecule has 3 heteroatoms. The van der Waals surface area contributed by atoms with E-state index in [0.29, 0.717) is 6.04 Å². The Kier molecular flexibility index (Phi) is 4.88. The molecule has 0 aliphatic heterocycles. The molecular weight excluding hydrogens is 236 g/mol. The molecule has 0 saturated heterocycles. The number of aromatic nitrogens is 1. The Hall–Kier alpha value is -1.45. The van der Waals surface area contributed by atoms with Crippen LogP contribution in [-0.4, -0.2) is 24.2 Å². The molecule has 0 saturated carbocycles. The van der Waals surface area contributed by atoms with Gasteiger partial charge in [0.2, 0.25) is 0 Å². The molecule has 2 aromatic rings. The predicted octanol–water partition coefficient (Wildman–Crippen LogP) is 3.06. The summed E-state index contributed by atoms with van der Waals surface area (Å²) in [5.41, 5.74) is 3.40. The maximum absolute atomic E-state index is 5.39. The number of ether oxygens (including phenoxy) is 1. The summed E-state index contributed by atoms with van der Waals surface area (Å²) in [4.78, 5) is 4.51. The summed E-state index contributed by atoms with van der Waals surface area (Å²) in [6.45, 7) is 8.56. The van der Waals surface area contributed by atoms with E-state index in [9.17, 15) is 0 Å². The zero-order chi connectivity index (χ0) is 13.7. The number of nitrogens with zero attached hydrogens (tertiary/aromatic N) is 1. The van der Waals surface area contributed by atoms with Crippen molar-refractivity contribution in [2.24, 2.45) is 0 Å². The van der Waals surface area contributed by atoms with E-state index in [1.165, 1.54) is 10.9 Å². The van der Waals surface area contributed by atoms with E-state index >= 15 is 0 Å². The van der Waals surface area contributed by atoms with E-state index in [1.807, 2.05) is 13.8 Å². The Balaban J connectivity index is 1.99. The lowest BCUT2D eigenvalue weighted by Crippen LogP contribution is -2.30. The third-order valence-electron chi connectivity index (χ3n) is 3.12. The van der Waals surface area contributed by atoms with Crippen molar-refractivity contribution in [3.63, 3.8) is 0 Å². The van der Waals surface area contributed by atoms with E-state index in [1.54, 1.807) is 0 Å². The molecule has 1 aromatic carbocycles. The molecule has 1 unspecified atom stereocenters. The molecular formula is C16H22N2O. The Morgan fingerprint density at radius 2 is 2.11 bits per heavy atom. The first-order valence-electron chi connectivity index (χ1n) is 6.86. The van der Waals surface area contributed by atoms with Crippen LogP contribution in [0.4, 0.5) is 0 Å². The highest BCUT2D eigenvalue weighted by atomic mass is 16.5. The third kappa shape index (κ3) is 4.01. The van der Waals surface area contributed by atoms with Crippen LogP contribution < -0.4 is 5.32 Å². The molecule has 0 amide bonds. The highest BCUT2D eigenvalue weighted by Gasteiger charge is 2.02. The van der Waals surface area contributed by atoms with Gasteiger partial charge in [-0.2, -0.15) is 0 Å². The molecule has 0 fully saturated rings. The first-order chi connectivity index (χ1) is 9.19. The van der Waals surface area contributed by atoms with Crippen LogP contribution in [0.3, 0.4) is 0 Å². The minimum atomic E-state index is 0.367. The highest BCUT2D eigenvalue weighted by Crippen LogP contribution is 2.14. The lowest BCUT2D eigenvalue weighted by Gasteiger charge is -2.13. The standard InChI is InChI=1S/C16H22N2O/c1-4-19-11-13(3)17-10-14-6-8-16-15(9-14)7-5-12(2)18-16/h5-9,13,17H,4,10-11H2,1-3H3. The second-order valence-corrected chi connectivity index (χ2v) is 4.92. The average molecular weight is 258 g/mol. The SMILES string of the molecule is CCOCC(C)NCc1ccc2nc(C)ccc2c1. The molecule has 3 nitrogen and oxygen atoms in total. The highest BCUT2D eigenvalue weighted by molar-refractivity contribution is 5.79. The molecule has 102 valence electrons. The summed E-state index contributed by atoms with van der Waals surface area (Å²) < 4.78 is 5.39. The number of hydrogen-bond donors (Lipinski definition) is 1. The maximum atomic E-state index is 5.39. The van der Waals surface area contributed by atoms with E-state index in [-0.39, 0.29) is 0 Å². The quantitative estimate of drug-likeness (QED) is 0.864. The van der Waals surface area contributed by atoms with Gasteiger partial charge in [-0.1, -0.05) is 12.1 Å². The van der Waals surface area contributed by atoms with E-state index in [0.717, 1.165) is 31.0 Å². The number of nitrogens with one attached hydrogen (secondary N) is 1. The Morgan fingerprint density at radius 1 is 1.26 bits per heavy atom. The van der Waals surface area contributed by atoms with Gasteiger partial charge in [-0.25, -0.2) is 0 Å². The fourth-order valence-corrected chi connectivity index (χ4v) is 2.03. The lowest BCUT2D eigenvalue weighted by atomic mass is 10.1. The van der Waals surface area contributed by atoms with Crippen molar-refractivity contribution in [2.75, 3.05) is 13.2 Å². The molecule has 1 atom stereocenters. The van der Waals surface area contributed by atoms with Crippen molar-refractivity contribution in [1.82, 2.24) is 10.3 Å². The minimum Gasteiger partial charge on any atom is -0.380 e. The number of aryl methyl sites for hydroxylation is 1. The molecule has 0 bridgehead atoms. The Bertz CT molecular complexity index is 539. The molecule has 1 N–H and O–H groups in total. The van der Waals surface area contributed by atoms with Crippen LogP contribution in [0, 0.1) is 6.92 Å². The molecule has 0 aliphatic rings. The third-order valence-corrected chi connectivity index (χ3v) is 3.12. The van der Waals surface area contributed by atoms with Crippen LogP contribution in [0.2, 0.25) is 0 Å². The van der Waals surface area contributed by atoms with Crippen LogP contribution in [0.15, 0.2) is 30.3 Å². The van der Waals surface area contributed by atoms with Gasteiger partial charge in [-0.15, -0.1) is 0 Å². The number of rotatable bonds is 6. The summed E-state index contributed by atoms with van der Waals surface area (Å²) >= 11 is 0. The monoisotopic (exact) mass is 258 g/mol. The van der Waals surface area contributed by atoms with E-state index < -0.39 is 0 Å². The molecule has 1 aromatic heterocycles. The largest absolute Gasteiger partial charge is 0.380 e. The summed E-state index contributed by atoms with van der Waals surface area (Å²) in [7, 11) is 0. The van der Waals surface area contributed by atoms with Crippen LogP contribution >= 0.6 is 0 Å². The lowest BCUT2D eigenvalue weighted by molar-refractivity contribution is 0.127. The average Bonchev–Trinajstić information content (AvgIpc) is 2.42. The summed E-state index contributed by atoms with van der Waals surface area (Å²) in [5.74, 6) is 0. The minimum absolute atomic E-state index is 0.367. The topological polar surface area (TPSA) is 34.1 Å². The maximum Gasteiger partial charge on any atom is 0.0705 e. The van der Waals surface area contributed by atoms with Crippen LogP contribution in [0.1, 0.15) is 25.1 Å². The normalized spacial score (nSPS) is 12.8. The number of hydrogen-bond acceptors (Lipinski definition) is 3. The van der Waals surface area contributed by atoms with Crippen molar-refractivity contribution in [3.05, 3.63) is 41.6 Å². The molecule has 1 heterocycles. The number of fused-ring (bicyclic) bond motifs is 1. The Morgan fingerprint density at radius 3 is 2.89 bits per heavy atom. The van der Waals surface area contributed by atoms with Crippen molar-refractivity contribution < 1.29 is 4.74 Å².